The van der Waals surface area contributed by atoms with Gasteiger partial charge in [0, 0.05) is 20.2 Å². The van der Waals surface area contributed by atoms with Crippen LogP contribution >= 0.6 is 0 Å². The second kappa shape index (κ2) is 12.1. The zero-order valence-electron chi connectivity index (χ0n) is 24.3. The molecule has 4 N–H and O–H groups in total. The summed E-state index contributed by atoms with van der Waals surface area (Å²) in [4.78, 5) is 56.9. The first-order valence-electron chi connectivity index (χ1n) is 13.3. The molecule has 14 nitrogen and oxygen atoms in total. The van der Waals surface area contributed by atoms with E-state index in [-0.39, 0.29) is 17.9 Å². The van der Waals surface area contributed by atoms with Gasteiger partial charge in [-0.1, -0.05) is 12.1 Å². The molecular formula is C30H29N9O5. The van der Waals surface area contributed by atoms with Crippen LogP contribution in [0.2, 0.25) is 0 Å². The number of aliphatic carboxylic acids is 1. The number of hydrogen-bond donors (Lipinski definition) is 3. The number of pyridine rings is 2. The molecule has 1 aromatic carbocycles. The molecule has 0 aliphatic rings. The average molecular weight is 596 g/mol. The third kappa shape index (κ3) is 5.81. The molecule has 224 valence electrons. The fourth-order valence-electron chi connectivity index (χ4n) is 4.58. The summed E-state index contributed by atoms with van der Waals surface area (Å²) in [6, 6.07) is 15.4. The lowest BCUT2D eigenvalue weighted by atomic mass is 10.2. The highest BCUT2D eigenvalue weighted by Crippen LogP contribution is 2.26. The molecule has 0 aliphatic heterocycles. The Morgan fingerprint density at radius 3 is 2.50 bits per heavy atom. The van der Waals surface area contributed by atoms with Crippen molar-refractivity contribution < 1.29 is 19.4 Å². The summed E-state index contributed by atoms with van der Waals surface area (Å²) in [6.45, 7) is 1.47. The number of nitrogens with zero attached hydrogens (tertiary/aromatic N) is 7. The first-order valence-corrected chi connectivity index (χ1v) is 13.3. The van der Waals surface area contributed by atoms with Crippen LogP contribution < -0.4 is 26.2 Å². The molecule has 44 heavy (non-hydrogen) atoms. The highest BCUT2D eigenvalue weighted by atomic mass is 16.5. The van der Waals surface area contributed by atoms with Gasteiger partial charge >= 0.3 is 5.97 Å². The zero-order valence-corrected chi connectivity index (χ0v) is 24.3. The van der Waals surface area contributed by atoms with Crippen molar-refractivity contribution in [1.29, 1.82) is 0 Å². The number of benzene rings is 1. The number of anilines is 3. The van der Waals surface area contributed by atoms with E-state index in [0.29, 0.717) is 51.4 Å². The highest BCUT2D eigenvalue weighted by Gasteiger charge is 2.23. The van der Waals surface area contributed by atoms with Crippen LogP contribution in [-0.2, 0) is 11.8 Å². The number of rotatable bonds is 9. The van der Waals surface area contributed by atoms with Gasteiger partial charge in [0.2, 0.25) is 0 Å². The number of nitrogen functional groups attached to an aromatic ring is 1. The van der Waals surface area contributed by atoms with Gasteiger partial charge in [-0.15, -0.1) is 0 Å². The Labute approximate surface area is 251 Å². The van der Waals surface area contributed by atoms with Gasteiger partial charge in [0.1, 0.15) is 35.1 Å². The van der Waals surface area contributed by atoms with Crippen molar-refractivity contribution in [3.8, 4) is 34.2 Å². The second-order valence-electron chi connectivity index (χ2n) is 9.81. The SMILES string of the molecule is COc1cccc(-n2c(=O)c(C(=O)Nc3ccc(-c4nc(-c5cccc(N(C)CC(=O)O)n5)cnc4N)nc3)c(C)n2C)c1. The fraction of sp³-hybridized carbons (Fsp3) is 0.167. The van der Waals surface area contributed by atoms with Crippen LogP contribution in [0, 0.1) is 6.92 Å². The van der Waals surface area contributed by atoms with E-state index >= 15 is 0 Å². The van der Waals surface area contributed by atoms with Crippen LogP contribution in [0.5, 0.6) is 5.75 Å². The maximum atomic E-state index is 13.3. The number of amides is 1. The molecule has 0 saturated carbocycles. The molecule has 5 aromatic rings. The Balaban J connectivity index is 1.38. The summed E-state index contributed by atoms with van der Waals surface area (Å²) in [5, 5.41) is 11.8. The molecule has 0 atom stereocenters. The monoisotopic (exact) mass is 595 g/mol. The number of carboxylic acid groups (broad SMARTS) is 1. The summed E-state index contributed by atoms with van der Waals surface area (Å²) in [5.74, 6) is -0.402. The van der Waals surface area contributed by atoms with Gasteiger partial charge in [0.25, 0.3) is 11.5 Å². The van der Waals surface area contributed by atoms with Gasteiger partial charge in [-0.05, 0) is 43.3 Å². The zero-order chi connectivity index (χ0) is 31.5. The quantitative estimate of drug-likeness (QED) is 0.228. The molecule has 0 spiro atoms. The van der Waals surface area contributed by atoms with Gasteiger partial charge in [-0.3, -0.25) is 24.0 Å². The topological polar surface area (TPSA) is 183 Å². The summed E-state index contributed by atoms with van der Waals surface area (Å²) in [6.07, 6.45) is 2.90. The van der Waals surface area contributed by atoms with Crippen LogP contribution in [-0.4, -0.2) is 67.0 Å². The number of hydrogen-bond acceptors (Lipinski definition) is 10. The van der Waals surface area contributed by atoms with Crippen molar-refractivity contribution in [3.05, 3.63) is 88.6 Å². The first-order chi connectivity index (χ1) is 21.1. The minimum atomic E-state index is -0.982. The molecule has 5 rings (SSSR count). The van der Waals surface area contributed by atoms with Gasteiger partial charge in [0.05, 0.1) is 48.0 Å². The maximum Gasteiger partial charge on any atom is 0.323 e. The number of carbonyl (C=O) groups excluding carboxylic acids is 1. The molecule has 1 amide bonds. The van der Waals surface area contributed by atoms with Gasteiger partial charge in [-0.2, -0.15) is 0 Å². The summed E-state index contributed by atoms with van der Waals surface area (Å²) < 4.78 is 8.28. The highest BCUT2D eigenvalue weighted by molar-refractivity contribution is 6.05. The number of likely N-dealkylation sites (N-methyl/N-ethyl adjacent to an activating group) is 1. The van der Waals surface area contributed by atoms with Gasteiger partial charge in [0.15, 0.2) is 5.82 Å². The maximum absolute atomic E-state index is 13.3. The number of methoxy groups -OCH3 is 1. The lowest BCUT2D eigenvalue weighted by Gasteiger charge is -2.16. The number of nitrogens with one attached hydrogen (secondary N) is 1. The van der Waals surface area contributed by atoms with Crippen molar-refractivity contribution in [2.45, 2.75) is 6.92 Å². The third-order valence-electron chi connectivity index (χ3n) is 6.90. The van der Waals surface area contributed by atoms with Gasteiger partial charge < -0.3 is 25.8 Å². The molecule has 0 saturated heterocycles. The minimum Gasteiger partial charge on any atom is -0.497 e. The standard InChI is InChI=1S/C30H29N9O5/c1-17-26(30(43)39(38(17)3)19-7-5-8-20(13-19)44-4)29(42)34-18-11-12-22(32-14-18)27-28(31)33-15-23(36-27)21-9-6-10-24(35-21)37(2)16-25(40)41/h5-15H,16H2,1-4H3,(H2,31,33)(H,34,42)(H,40,41). The number of ether oxygens (including phenoxy) is 1. The van der Waals surface area contributed by atoms with E-state index in [4.69, 9.17) is 15.6 Å². The van der Waals surface area contributed by atoms with Crippen molar-refractivity contribution in [2.24, 2.45) is 7.05 Å². The number of carbonyl (C=O) groups is 2. The van der Waals surface area contributed by atoms with Crippen LogP contribution in [0.4, 0.5) is 17.3 Å². The van der Waals surface area contributed by atoms with Crippen LogP contribution in [0.15, 0.2) is 71.8 Å². The Morgan fingerprint density at radius 1 is 1.02 bits per heavy atom. The van der Waals surface area contributed by atoms with Crippen molar-refractivity contribution in [2.75, 3.05) is 36.7 Å². The number of nitrogens with two attached hydrogens (primary N) is 1. The van der Waals surface area contributed by atoms with E-state index in [2.05, 4.69) is 25.3 Å². The molecule has 4 aromatic heterocycles. The molecule has 4 heterocycles. The molecule has 0 bridgehead atoms. The predicted molar refractivity (Wildman–Crippen MR) is 164 cm³/mol. The second-order valence-corrected chi connectivity index (χ2v) is 9.81. The Kier molecular flexibility index (Phi) is 8.06. The molecule has 0 unspecified atom stereocenters. The van der Waals surface area contributed by atoms with E-state index in [0.717, 1.165) is 0 Å². The lowest BCUT2D eigenvalue weighted by Crippen LogP contribution is -2.25. The molecule has 0 fully saturated rings. The van der Waals surface area contributed by atoms with Crippen molar-refractivity contribution in [3.63, 3.8) is 0 Å². The minimum absolute atomic E-state index is 0.00839. The molecule has 0 aliphatic carbocycles. The first kappa shape index (κ1) is 29.4. The predicted octanol–water partition coefficient (Wildman–Crippen LogP) is 2.76. The van der Waals surface area contributed by atoms with Crippen LogP contribution in [0.3, 0.4) is 0 Å². The Morgan fingerprint density at radius 2 is 1.80 bits per heavy atom. The van der Waals surface area contributed by atoms with Gasteiger partial charge in [-0.25, -0.2) is 19.6 Å². The van der Waals surface area contributed by atoms with Crippen molar-refractivity contribution in [1.82, 2.24) is 29.3 Å². The smallest absolute Gasteiger partial charge is 0.323 e. The third-order valence-corrected chi connectivity index (χ3v) is 6.90. The van der Waals surface area contributed by atoms with E-state index in [1.54, 1.807) is 80.3 Å². The molecule has 0 radical (unpaired) electrons. The average Bonchev–Trinajstić information content (AvgIpc) is 3.24. The van der Waals surface area contributed by atoms with E-state index < -0.39 is 17.4 Å². The summed E-state index contributed by atoms with van der Waals surface area (Å²) in [7, 11) is 4.86. The number of carboxylic acids is 1. The molecular weight excluding hydrogens is 566 g/mol. The normalized spacial score (nSPS) is 10.8. The van der Waals surface area contributed by atoms with E-state index in [1.165, 1.54) is 29.1 Å². The van der Waals surface area contributed by atoms with Crippen LogP contribution in [0.25, 0.3) is 28.5 Å². The van der Waals surface area contributed by atoms with E-state index in [9.17, 15) is 14.4 Å². The summed E-state index contributed by atoms with van der Waals surface area (Å²) in [5.41, 5.74) is 8.59. The number of aromatic nitrogens is 6. The Hall–Kier alpha value is -6.05. The van der Waals surface area contributed by atoms with Crippen LogP contribution in [0.1, 0.15) is 16.1 Å². The van der Waals surface area contributed by atoms with Crippen molar-refractivity contribution >= 4 is 29.2 Å². The van der Waals surface area contributed by atoms with E-state index in [1.807, 2.05) is 0 Å². The largest absolute Gasteiger partial charge is 0.497 e. The summed E-state index contributed by atoms with van der Waals surface area (Å²) >= 11 is 0. The Bertz CT molecular complexity index is 1930. The molecule has 14 heteroatoms. The fourth-order valence-corrected chi connectivity index (χ4v) is 4.58. The lowest BCUT2D eigenvalue weighted by molar-refractivity contribution is -0.135.